The van der Waals surface area contributed by atoms with Crippen molar-refractivity contribution in [2.75, 3.05) is 34.0 Å². The van der Waals surface area contributed by atoms with Gasteiger partial charge in [-0.25, -0.2) is 14.4 Å². The number of hydroxylamine groups is 2. The van der Waals surface area contributed by atoms with Crippen LogP contribution in [0.4, 0.5) is 4.79 Å². The zero-order valence-electron chi connectivity index (χ0n) is 15.4. The monoisotopic (exact) mass is 402 g/mol. The molecule has 0 aliphatic rings. The van der Waals surface area contributed by atoms with Crippen molar-refractivity contribution in [2.45, 2.75) is 38.5 Å². The summed E-state index contributed by atoms with van der Waals surface area (Å²) in [6.07, 6.45) is -2.33. The molecular formula is C13H27N2O10P. The van der Waals surface area contributed by atoms with Crippen LogP contribution in [0.5, 0.6) is 0 Å². The molecule has 0 radical (unpaired) electrons. The third-order valence-corrected chi connectivity index (χ3v) is 3.57. The number of rotatable bonds is 10. The van der Waals surface area contributed by atoms with Crippen LogP contribution < -0.4 is 5.32 Å². The van der Waals surface area contributed by atoms with E-state index >= 15 is 0 Å². The summed E-state index contributed by atoms with van der Waals surface area (Å²) in [5.74, 6) is -0.784. The first-order chi connectivity index (χ1) is 11.8. The minimum atomic E-state index is -4.65. The van der Waals surface area contributed by atoms with E-state index in [1.54, 1.807) is 20.8 Å². The molecule has 0 fully saturated rings. The number of likely N-dealkylation sites (N-methyl/N-ethyl adjacent to an activating group) is 1. The highest BCUT2D eigenvalue weighted by Gasteiger charge is 2.31. The van der Waals surface area contributed by atoms with Crippen LogP contribution in [0.3, 0.4) is 0 Å². The van der Waals surface area contributed by atoms with Crippen LogP contribution in [0.2, 0.25) is 0 Å². The van der Waals surface area contributed by atoms with Gasteiger partial charge in [-0.2, -0.15) is 0 Å². The van der Waals surface area contributed by atoms with Crippen molar-refractivity contribution in [3.63, 3.8) is 0 Å². The molecule has 0 saturated carbocycles. The maximum absolute atomic E-state index is 12.2. The van der Waals surface area contributed by atoms with Crippen molar-refractivity contribution in [3.8, 4) is 0 Å². The average molecular weight is 402 g/mol. The van der Waals surface area contributed by atoms with Gasteiger partial charge in [-0.1, -0.05) is 0 Å². The van der Waals surface area contributed by atoms with E-state index in [0.717, 1.165) is 5.06 Å². The predicted molar refractivity (Wildman–Crippen MR) is 87.8 cm³/mol. The van der Waals surface area contributed by atoms with E-state index in [0.29, 0.717) is 0 Å². The smallest absolute Gasteiger partial charge is 0.444 e. The molecule has 0 aromatic heterocycles. The molecule has 0 spiro atoms. The van der Waals surface area contributed by atoms with Crippen LogP contribution in [-0.2, 0) is 28.0 Å². The van der Waals surface area contributed by atoms with Gasteiger partial charge in [0.2, 0.25) is 0 Å². The molecule has 0 aromatic rings. The quantitative estimate of drug-likeness (QED) is 0.274. The lowest BCUT2D eigenvalue weighted by atomic mass is 10.2. The highest BCUT2D eigenvalue weighted by atomic mass is 31.2. The number of nitrogens with zero attached hydrogens (tertiary/aromatic N) is 1. The summed E-state index contributed by atoms with van der Waals surface area (Å²) in [6, 6.07) is -1.42. The lowest BCUT2D eigenvalue weighted by Crippen LogP contribution is -2.50. The number of phosphoric ester groups is 1. The van der Waals surface area contributed by atoms with Crippen LogP contribution in [0.15, 0.2) is 0 Å². The molecule has 0 saturated heterocycles. The Hall–Kier alpha value is -1.27. The van der Waals surface area contributed by atoms with Gasteiger partial charge in [0.05, 0.1) is 26.9 Å². The lowest BCUT2D eigenvalue weighted by Gasteiger charge is -2.25. The van der Waals surface area contributed by atoms with Crippen LogP contribution in [0.1, 0.15) is 20.8 Å². The Morgan fingerprint density at radius 3 is 2.23 bits per heavy atom. The molecular weight excluding hydrogens is 375 g/mol. The number of nitrogens with one attached hydrogen (secondary N) is 1. The Bertz CT molecular complexity index is 510. The molecule has 2 unspecified atom stereocenters. The van der Waals surface area contributed by atoms with Crippen molar-refractivity contribution in [2.24, 2.45) is 0 Å². The molecule has 26 heavy (non-hydrogen) atoms. The van der Waals surface area contributed by atoms with E-state index in [9.17, 15) is 19.0 Å². The SMILES string of the molecule is CON(C)C(=O)C(COP(=O)(O)OC[C@@H](O)CO)NC(=O)OC(C)(C)C. The molecule has 12 nitrogen and oxygen atoms in total. The van der Waals surface area contributed by atoms with E-state index in [1.807, 2.05) is 0 Å². The molecule has 4 N–H and O–H groups in total. The average Bonchev–Trinajstić information content (AvgIpc) is 2.53. The normalized spacial score (nSPS) is 16.3. The van der Waals surface area contributed by atoms with Gasteiger partial charge < -0.3 is 25.2 Å². The minimum Gasteiger partial charge on any atom is -0.444 e. The topological polar surface area (TPSA) is 164 Å². The Kier molecular flexibility index (Phi) is 10.2. The maximum atomic E-state index is 12.2. The Labute approximate surface area is 151 Å². The van der Waals surface area contributed by atoms with Gasteiger partial charge in [0.1, 0.15) is 17.7 Å². The third-order valence-electron chi connectivity index (χ3n) is 2.62. The van der Waals surface area contributed by atoms with Crippen molar-refractivity contribution in [1.82, 2.24) is 10.4 Å². The van der Waals surface area contributed by atoms with Crippen LogP contribution in [0.25, 0.3) is 0 Å². The van der Waals surface area contributed by atoms with Crippen LogP contribution >= 0.6 is 7.82 Å². The van der Waals surface area contributed by atoms with Gasteiger partial charge in [0, 0.05) is 7.05 Å². The summed E-state index contributed by atoms with van der Waals surface area (Å²) in [7, 11) is -2.18. The molecule has 0 aliphatic carbocycles. The number of hydrogen-bond acceptors (Lipinski definition) is 9. The van der Waals surface area contributed by atoms with Crippen molar-refractivity contribution < 1.29 is 47.9 Å². The molecule has 0 aliphatic heterocycles. The summed E-state index contributed by atoms with van der Waals surface area (Å²) < 4.78 is 25.9. The van der Waals surface area contributed by atoms with Crippen LogP contribution in [-0.4, -0.2) is 83.9 Å². The Morgan fingerprint density at radius 2 is 1.77 bits per heavy atom. The number of ether oxygens (including phenoxy) is 1. The standard InChI is InChI=1S/C13H27N2O10P/c1-13(2,3)25-12(19)14-10(11(18)15(4)22-5)8-24-26(20,21)23-7-9(17)6-16/h9-10,16-17H,6-8H2,1-5H3,(H,14,19)(H,20,21)/t9-,10?/m0/s1. The number of phosphoric acid groups is 1. The molecule has 0 bridgehead atoms. The Morgan fingerprint density at radius 1 is 1.23 bits per heavy atom. The first-order valence-electron chi connectivity index (χ1n) is 7.53. The summed E-state index contributed by atoms with van der Waals surface area (Å²) in [6.45, 7) is 2.76. The van der Waals surface area contributed by atoms with E-state index in [2.05, 4.69) is 14.4 Å². The molecule has 2 amide bonds. The number of alkyl carbamates (subject to hydrolysis) is 1. The zero-order valence-corrected chi connectivity index (χ0v) is 16.3. The first kappa shape index (κ1) is 24.7. The third kappa shape index (κ3) is 10.7. The van der Waals surface area contributed by atoms with Gasteiger partial charge in [-0.05, 0) is 20.8 Å². The second kappa shape index (κ2) is 10.8. The van der Waals surface area contributed by atoms with Gasteiger partial charge in [0.25, 0.3) is 5.91 Å². The minimum absolute atomic E-state index is 0.666. The number of aliphatic hydroxyl groups excluding tert-OH is 2. The number of aliphatic hydroxyl groups is 2. The number of amides is 2. The summed E-state index contributed by atoms with van der Waals surface area (Å²) in [5.41, 5.74) is -0.832. The highest BCUT2D eigenvalue weighted by molar-refractivity contribution is 7.47. The predicted octanol–water partition coefficient (Wildman–Crippen LogP) is -0.614. The second-order valence-electron chi connectivity index (χ2n) is 6.11. The number of hydrogen-bond donors (Lipinski definition) is 4. The van der Waals surface area contributed by atoms with Crippen LogP contribution in [0, 0.1) is 0 Å². The fourth-order valence-electron chi connectivity index (χ4n) is 1.37. The van der Waals surface area contributed by atoms with Gasteiger partial charge >= 0.3 is 13.9 Å². The zero-order chi connectivity index (χ0) is 20.5. The molecule has 3 atom stereocenters. The van der Waals surface area contributed by atoms with E-state index in [1.165, 1.54) is 14.2 Å². The van der Waals surface area contributed by atoms with Crippen molar-refractivity contribution >= 4 is 19.8 Å². The molecule has 0 rings (SSSR count). The van der Waals surface area contributed by atoms with Gasteiger partial charge in [-0.15, -0.1) is 0 Å². The van der Waals surface area contributed by atoms with Crippen molar-refractivity contribution in [3.05, 3.63) is 0 Å². The Balaban J connectivity index is 4.93. The van der Waals surface area contributed by atoms with E-state index < -0.39 is 57.4 Å². The summed E-state index contributed by atoms with van der Waals surface area (Å²) >= 11 is 0. The summed E-state index contributed by atoms with van der Waals surface area (Å²) in [4.78, 5) is 38.2. The number of carbonyl (C=O) groups excluding carboxylic acids is 2. The largest absolute Gasteiger partial charge is 0.472 e. The van der Waals surface area contributed by atoms with Crippen molar-refractivity contribution in [1.29, 1.82) is 0 Å². The lowest BCUT2D eigenvalue weighted by molar-refractivity contribution is -0.171. The fourth-order valence-corrected chi connectivity index (χ4v) is 2.15. The molecule has 0 aromatic carbocycles. The second-order valence-corrected chi connectivity index (χ2v) is 7.57. The summed E-state index contributed by atoms with van der Waals surface area (Å²) in [5, 5.41) is 20.7. The van der Waals surface area contributed by atoms with E-state index in [4.69, 9.17) is 19.8 Å². The molecule has 154 valence electrons. The molecule has 0 heterocycles. The van der Waals surface area contributed by atoms with Gasteiger partial charge in [-0.3, -0.25) is 18.7 Å². The first-order valence-corrected chi connectivity index (χ1v) is 9.03. The fraction of sp³-hybridized carbons (Fsp3) is 0.846. The number of carbonyl (C=O) groups is 2. The van der Waals surface area contributed by atoms with E-state index in [-0.39, 0.29) is 0 Å². The molecule has 13 heteroatoms. The van der Waals surface area contributed by atoms with Gasteiger partial charge in [0.15, 0.2) is 0 Å². The highest BCUT2D eigenvalue weighted by Crippen LogP contribution is 2.43. The maximum Gasteiger partial charge on any atom is 0.472 e.